The molecule has 26 heavy (non-hydrogen) atoms. The number of sulfonamides is 1. The maximum absolute atomic E-state index is 12.6. The summed E-state index contributed by atoms with van der Waals surface area (Å²) in [6, 6.07) is 10.3. The number of benzene rings is 1. The minimum atomic E-state index is -3.20. The molecule has 0 aliphatic carbocycles. The zero-order valence-electron chi connectivity index (χ0n) is 14.4. The van der Waals surface area contributed by atoms with Crippen LogP contribution in [0.15, 0.2) is 42.6 Å². The standard InChI is InChI=1S/C18H21F2N3O2S/c1-13(15-6-7-17(18(19)20)22-12-15)21-11-14-4-2-5-16(10-14)23-8-3-9-26(23,24)25/h2,4-7,10,12-13,18,21H,3,8-9,11H2,1H3. The number of aromatic nitrogens is 1. The smallest absolute Gasteiger partial charge is 0.280 e. The van der Waals surface area contributed by atoms with E-state index in [1.54, 1.807) is 12.1 Å². The molecule has 1 aliphatic heterocycles. The molecule has 3 rings (SSSR count). The van der Waals surface area contributed by atoms with Crippen LogP contribution in [0.5, 0.6) is 0 Å². The summed E-state index contributed by atoms with van der Waals surface area (Å²) in [4.78, 5) is 3.77. The van der Waals surface area contributed by atoms with Crippen molar-refractivity contribution < 1.29 is 17.2 Å². The second kappa shape index (κ2) is 7.67. The highest BCUT2D eigenvalue weighted by atomic mass is 32.2. The highest BCUT2D eigenvalue weighted by molar-refractivity contribution is 7.93. The number of anilines is 1. The molecule has 2 heterocycles. The summed E-state index contributed by atoms with van der Waals surface area (Å²) >= 11 is 0. The summed E-state index contributed by atoms with van der Waals surface area (Å²) in [6.45, 7) is 2.96. The van der Waals surface area contributed by atoms with Gasteiger partial charge >= 0.3 is 0 Å². The van der Waals surface area contributed by atoms with E-state index in [1.807, 2.05) is 25.1 Å². The summed E-state index contributed by atoms with van der Waals surface area (Å²) in [5, 5.41) is 3.31. The summed E-state index contributed by atoms with van der Waals surface area (Å²) in [7, 11) is -3.20. The lowest BCUT2D eigenvalue weighted by atomic mass is 10.1. The Morgan fingerprint density at radius 1 is 1.27 bits per heavy atom. The highest BCUT2D eigenvalue weighted by Gasteiger charge is 2.28. The van der Waals surface area contributed by atoms with Crippen LogP contribution in [-0.2, 0) is 16.6 Å². The highest BCUT2D eigenvalue weighted by Crippen LogP contribution is 2.25. The van der Waals surface area contributed by atoms with E-state index in [1.165, 1.54) is 16.6 Å². The van der Waals surface area contributed by atoms with Crippen LogP contribution in [0.25, 0.3) is 0 Å². The van der Waals surface area contributed by atoms with Crippen LogP contribution < -0.4 is 9.62 Å². The van der Waals surface area contributed by atoms with Crippen molar-refractivity contribution in [2.24, 2.45) is 0 Å². The molecule has 8 heteroatoms. The van der Waals surface area contributed by atoms with Gasteiger partial charge in [-0.2, -0.15) is 0 Å². The lowest BCUT2D eigenvalue weighted by Crippen LogP contribution is -2.25. The fourth-order valence-electron chi connectivity index (χ4n) is 2.94. The molecular weight excluding hydrogens is 360 g/mol. The number of rotatable bonds is 6. The summed E-state index contributed by atoms with van der Waals surface area (Å²) in [5.41, 5.74) is 2.21. The van der Waals surface area contributed by atoms with E-state index in [2.05, 4.69) is 10.3 Å². The zero-order chi connectivity index (χ0) is 18.7. The van der Waals surface area contributed by atoms with Crippen molar-refractivity contribution in [1.82, 2.24) is 10.3 Å². The number of nitrogens with zero attached hydrogens (tertiary/aromatic N) is 2. The van der Waals surface area contributed by atoms with E-state index in [0.29, 0.717) is 25.2 Å². The third-order valence-electron chi connectivity index (χ3n) is 4.44. The molecule has 2 aromatic rings. The molecule has 0 amide bonds. The Morgan fingerprint density at radius 3 is 2.69 bits per heavy atom. The van der Waals surface area contributed by atoms with E-state index >= 15 is 0 Å². The summed E-state index contributed by atoms with van der Waals surface area (Å²) in [6.07, 6.45) is -0.479. The number of alkyl halides is 2. The van der Waals surface area contributed by atoms with Crippen LogP contribution in [0.3, 0.4) is 0 Å². The van der Waals surface area contributed by atoms with Gasteiger partial charge in [0, 0.05) is 25.3 Å². The number of nitrogens with one attached hydrogen (secondary N) is 1. The van der Waals surface area contributed by atoms with Crippen molar-refractivity contribution in [3.8, 4) is 0 Å². The van der Waals surface area contributed by atoms with Crippen molar-refractivity contribution in [2.45, 2.75) is 32.4 Å². The minimum Gasteiger partial charge on any atom is -0.306 e. The molecule has 0 saturated carbocycles. The minimum absolute atomic E-state index is 0.0756. The molecule has 1 aliphatic rings. The number of hydrogen-bond donors (Lipinski definition) is 1. The molecule has 1 unspecified atom stereocenters. The maximum atomic E-state index is 12.6. The van der Waals surface area contributed by atoms with Crippen molar-refractivity contribution in [3.63, 3.8) is 0 Å². The summed E-state index contributed by atoms with van der Waals surface area (Å²) < 4.78 is 50.7. The number of pyridine rings is 1. The van der Waals surface area contributed by atoms with Gasteiger partial charge in [-0.25, -0.2) is 17.2 Å². The van der Waals surface area contributed by atoms with Gasteiger partial charge in [-0.3, -0.25) is 9.29 Å². The van der Waals surface area contributed by atoms with Gasteiger partial charge in [0.1, 0.15) is 5.69 Å². The van der Waals surface area contributed by atoms with E-state index < -0.39 is 16.4 Å². The van der Waals surface area contributed by atoms with Gasteiger partial charge in [-0.15, -0.1) is 0 Å². The van der Waals surface area contributed by atoms with E-state index in [-0.39, 0.29) is 17.5 Å². The Balaban J connectivity index is 1.65. The Bertz CT molecular complexity index is 857. The Labute approximate surface area is 152 Å². The molecule has 140 valence electrons. The molecule has 1 saturated heterocycles. The molecule has 0 bridgehead atoms. The van der Waals surface area contributed by atoms with E-state index in [0.717, 1.165) is 11.1 Å². The van der Waals surface area contributed by atoms with Gasteiger partial charge in [0.2, 0.25) is 10.0 Å². The van der Waals surface area contributed by atoms with E-state index in [9.17, 15) is 17.2 Å². The Hall–Kier alpha value is -2.06. The predicted molar refractivity (Wildman–Crippen MR) is 96.6 cm³/mol. The Kier molecular flexibility index (Phi) is 5.52. The molecule has 1 N–H and O–H groups in total. The lowest BCUT2D eigenvalue weighted by Gasteiger charge is -2.19. The molecule has 1 aromatic carbocycles. The SMILES string of the molecule is CC(NCc1cccc(N2CCCS2(=O)=O)c1)c1ccc(C(F)F)nc1. The van der Waals surface area contributed by atoms with Gasteiger partial charge in [0.25, 0.3) is 6.43 Å². The molecule has 1 atom stereocenters. The van der Waals surface area contributed by atoms with Gasteiger partial charge in [0.05, 0.1) is 11.4 Å². The second-order valence-electron chi connectivity index (χ2n) is 6.33. The van der Waals surface area contributed by atoms with Crippen LogP contribution in [0.1, 0.15) is 42.6 Å². The average Bonchev–Trinajstić information content (AvgIpc) is 2.99. The van der Waals surface area contributed by atoms with Crippen molar-refractivity contribution in [3.05, 3.63) is 59.4 Å². The zero-order valence-corrected chi connectivity index (χ0v) is 15.2. The van der Waals surface area contributed by atoms with Crippen molar-refractivity contribution >= 4 is 15.7 Å². The quantitative estimate of drug-likeness (QED) is 0.833. The first-order valence-electron chi connectivity index (χ1n) is 8.43. The third-order valence-corrected chi connectivity index (χ3v) is 6.31. The van der Waals surface area contributed by atoms with Gasteiger partial charge in [-0.1, -0.05) is 18.2 Å². The molecule has 5 nitrogen and oxygen atoms in total. The van der Waals surface area contributed by atoms with Crippen molar-refractivity contribution in [1.29, 1.82) is 0 Å². The first-order chi connectivity index (χ1) is 12.4. The largest absolute Gasteiger partial charge is 0.306 e. The van der Waals surface area contributed by atoms with Crippen LogP contribution in [0.4, 0.5) is 14.5 Å². The molecule has 0 radical (unpaired) electrons. The average molecular weight is 381 g/mol. The molecule has 1 fully saturated rings. The van der Waals surface area contributed by atoms with Crippen LogP contribution in [0.2, 0.25) is 0 Å². The molecule has 0 spiro atoms. The second-order valence-corrected chi connectivity index (χ2v) is 8.34. The normalized spacial score (nSPS) is 17.6. The van der Waals surface area contributed by atoms with Crippen LogP contribution >= 0.6 is 0 Å². The third kappa shape index (κ3) is 4.19. The lowest BCUT2D eigenvalue weighted by molar-refractivity contribution is 0.146. The Morgan fingerprint density at radius 2 is 2.08 bits per heavy atom. The van der Waals surface area contributed by atoms with Gasteiger partial charge in [0.15, 0.2) is 0 Å². The predicted octanol–water partition coefficient (Wildman–Crippen LogP) is 3.41. The van der Waals surface area contributed by atoms with Crippen LogP contribution in [0, 0.1) is 0 Å². The summed E-state index contributed by atoms with van der Waals surface area (Å²) in [5.74, 6) is 0.189. The maximum Gasteiger partial charge on any atom is 0.280 e. The first kappa shape index (κ1) is 18.7. The molecular formula is C18H21F2N3O2S. The van der Waals surface area contributed by atoms with Crippen molar-refractivity contribution in [2.75, 3.05) is 16.6 Å². The van der Waals surface area contributed by atoms with Gasteiger partial charge in [-0.05, 0) is 42.7 Å². The molecule has 1 aromatic heterocycles. The fraction of sp³-hybridized carbons (Fsp3) is 0.389. The first-order valence-corrected chi connectivity index (χ1v) is 10.0. The van der Waals surface area contributed by atoms with E-state index in [4.69, 9.17) is 0 Å². The number of hydrogen-bond acceptors (Lipinski definition) is 4. The van der Waals surface area contributed by atoms with Gasteiger partial charge < -0.3 is 5.32 Å². The fourth-order valence-corrected chi connectivity index (χ4v) is 4.50. The topological polar surface area (TPSA) is 62.3 Å². The monoisotopic (exact) mass is 381 g/mol. The number of halogens is 2. The van der Waals surface area contributed by atoms with Crippen LogP contribution in [-0.4, -0.2) is 25.7 Å².